The molecule has 24 heavy (non-hydrogen) atoms. The van der Waals surface area contributed by atoms with Gasteiger partial charge in [0, 0.05) is 31.7 Å². The van der Waals surface area contributed by atoms with Crippen LogP contribution in [0, 0.1) is 23.5 Å². The molecule has 1 aromatic carbocycles. The third-order valence-electron chi connectivity index (χ3n) is 4.44. The van der Waals surface area contributed by atoms with Crippen LogP contribution in [0.15, 0.2) is 18.2 Å². The fourth-order valence-corrected chi connectivity index (χ4v) is 3.04. The summed E-state index contributed by atoms with van der Waals surface area (Å²) in [7, 11) is 1.58. The van der Waals surface area contributed by atoms with Crippen molar-refractivity contribution in [3.05, 3.63) is 35.4 Å². The summed E-state index contributed by atoms with van der Waals surface area (Å²) < 4.78 is 26.3. The molecule has 7 heteroatoms. The van der Waals surface area contributed by atoms with Crippen LogP contribution >= 0.6 is 0 Å². The number of carbonyl (C=O) groups excluding carboxylic acids is 2. The van der Waals surface area contributed by atoms with Gasteiger partial charge in [0.25, 0.3) is 5.91 Å². The Hall–Kier alpha value is -2.02. The molecule has 0 aliphatic carbocycles. The minimum Gasteiger partial charge on any atom is -0.358 e. The highest BCUT2D eigenvalue weighted by Crippen LogP contribution is 2.24. The van der Waals surface area contributed by atoms with Crippen molar-refractivity contribution < 1.29 is 18.4 Å². The molecular weight excluding hydrogens is 316 g/mol. The Morgan fingerprint density at radius 2 is 1.96 bits per heavy atom. The molecular formula is C17H23F2N3O2. The Morgan fingerprint density at radius 3 is 2.54 bits per heavy atom. The fourth-order valence-electron chi connectivity index (χ4n) is 3.04. The number of benzene rings is 1. The maximum absolute atomic E-state index is 13.3. The lowest BCUT2D eigenvalue weighted by molar-refractivity contribution is -0.121. The second-order valence-corrected chi connectivity index (χ2v) is 6.48. The van der Waals surface area contributed by atoms with Crippen LogP contribution in [0.3, 0.4) is 0 Å². The molecule has 0 spiro atoms. The van der Waals surface area contributed by atoms with E-state index >= 15 is 0 Å². The molecule has 1 aliphatic heterocycles. The number of likely N-dealkylation sites (tertiary alicyclic amines) is 1. The topological polar surface area (TPSA) is 61.4 Å². The zero-order chi connectivity index (χ0) is 17.9. The van der Waals surface area contributed by atoms with E-state index in [0.717, 1.165) is 12.1 Å². The number of hydrogen-bond acceptors (Lipinski definition) is 3. The minimum absolute atomic E-state index is 0.0786. The van der Waals surface area contributed by atoms with Gasteiger partial charge in [-0.2, -0.15) is 0 Å². The highest BCUT2D eigenvalue weighted by molar-refractivity contribution is 5.94. The van der Waals surface area contributed by atoms with Gasteiger partial charge in [-0.1, -0.05) is 13.8 Å². The van der Waals surface area contributed by atoms with Crippen molar-refractivity contribution in [1.29, 1.82) is 0 Å². The van der Waals surface area contributed by atoms with Crippen LogP contribution in [0.4, 0.5) is 8.78 Å². The van der Waals surface area contributed by atoms with Crippen LogP contribution in [0.1, 0.15) is 24.2 Å². The molecule has 0 radical (unpaired) electrons. The van der Waals surface area contributed by atoms with E-state index in [1.165, 1.54) is 6.07 Å². The van der Waals surface area contributed by atoms with Crippen LogP contribution in [0.25, 0.3) is 0 Å². The monoisotopic (exact) mass is 339 g/mol. The summed E-state index contributed by atoms with van der Waals surface area (Å²) in [6.45, 7) is 5.65. The van der Waals surface area contributed by atoms with Gasteiger partial charge in [0.1, 0.15) is 0 Å². The van der Waals surface area contributed by atoms with Gasteiger partial charge in [-0.25, -0.2) is 8.78 Å². The molecule has 2 N–H and O–H groups in total. The number of hydrogen-bond donors (Lipinski definition) is 2. The highest BCUT2D eigenvalue weighted by Gasteiger charge is 2.36. The summed E-state index contributed by atoms with van der Waals surface area (Å²) in [5.74, 6) is -2.05. The van der Waals surface area contributed by atoms with Gasteiger partial charge in [0.2, 0.25) is 5.91 Å². The quantitative estimate of drug-likeness (QED) is 0.852. The summed E-state index contributed by atoms with van der Waals surface area (Å²) in [6.07, 6.45) is 0. The van der Waals surface area contributed by atoms with Crippen molar-refractivity contribution >= 4 is 11.8 Å². The average Bonchev–Trinajstić information content (AvgIpc) is 2.92. The molecule has 2 rings (SSSR count). The van der Waals surface area contributed by atoms with Crippen molar-refractivity contribution in [1.82, 2.24) is 15.5 Å². The highest BCUT2D eigenvalue weighted by atomic mass is 19.2. The summed E-state index contributed by atoms with van der Waals surface area (Å²) in [4.78, 5) is 25.9. The first kappa shape index (κ1) is 18.3. The standard InChI is InChI=1S/C17H23F2N3O2/c1-10(2)12-7-22(9-16(23)20-3)8-15(12)21-17(24)11-4-5-13(18)14(19)6-11/h4-6,10,12,15H,7-9H2,1-3H3,(H,20,23)(H,21,24)/t12-,15+/m0/s1. The van der Waals surface area contributed by atoms with Crippen molar-refractivity contribution in [2.75, 3.05) is 26.7 Å². The van der Waals surface area contributed by atoms with Crippen LogP contribution < -0.4 is 10.6 Å². The Bertz CT molecular complexity index is 622. The number of nitrogens with one attached hydrogen (secondary N) is 2. The van der Waals surface area contributed by atoms with Crippen LogP contribution in [0.2, 0.25) is 0 Å². The predicted octanol–water partition coefficient (Wildman–Crippen LogP) is 1.40. The molecule has 2 atom stereocenters. The van der Waals surface area contributed by atoms with Crippen molar-refractivity contribution in [3.8, 4) is 0 Å². The Balaban J connectivity index is 2.06. The van der Waals surface area contributed by atoms with E-state index in [1.54, 1.807) is 7.05 Å². The Morgan fingerprint density at radius 1 is 1.25 bits per heavy atom. The van der Waals surface area contributed by atoms with Crippen molar-refractivity contribution in [2.24, 2.45) is 11.8 Å². The van der Waals surface area contributed by atoms with E-state index in [1.807, 2.05) is 4.90 Å². The minimum atomic E-state index is -1.05. The Labute approximate surface area is 140 Å². The lowest BCUT2D eigenvalue weighted by Crippen LogP contribution is -2.42. The van der Waals surface area contributed by atoms with E-state index in [4.69, 9.17) is 0 Å². The first-order valence-corrected chi connectivity index (χ1v) is 8.00. The average molecular weight is 339 g/mol. The molecule has 132 valence electrons. The lowest BCUT2D eigenvalue weighted by atomic mass is 9.91. The number of carbonyl (C=O) groups is 2. The molecule has 0 bridgehead atoms. The van der Waals surface area contributed by atoms with Crippen molar-refractivity contribution in [2.45, 2.75) is 19.9 Å². The molecule has 0 aromatic heterocycles. The third-order valence-corrected chi connectivity index (χ3v) is 4.44. The van der Waals surface area contributed by atoms with Crippen LogP contribution in [-0.2, 0) is 4.79 Å². The molecule has 1 aliphatic rings. The number of likely N-dealkylation sites (N-methyl/N-ethyl adjacent to an activating group) is 1. The van der Waals surface area contributed by atoms with Gasteiger partial charge in [-0.05, 0) is 30.0 Å². The van der Waals surface area contributed by atoms with Gasteiger partial charge < -0.3 is 10.6 Å². The molecule has 2 amide bonds. The Kier molecular flexibility index (Phi) is 5.88. The zero-order valence-corrected chi connectivity index (χ0v) is 14.1. The predicted molar refractivity (Wildman–Crippen MR) is 86.4 cm³/mol. The summed E-state index contributed by atoms with van der Waals surface area (Å²) >= 11 is 0. The van der Waals surface area contributed by atoms with Gasteiger partial charge >= 0.3 is 0 Å². The molecule has 1 fully saturated rings. The van der Waals surface area contributed by atoms with E-state index in [9.17, 15) is 18.4 Å². The summed E-state index contributed by atoms with van der Waals surface area (Å²) in [5, 5.41) is 5.48. The zero-order valence-electron chi connectivity index (χ0n) is 14.1. The first-order chi connectivity index (χ1) is 11.3. The summed E-state index contributed by atoms with van der Waals surface area (Å²) in [6, 6.07) is 2.95. The van der Waals surface area contributed by atoms with E-state index in [-0.39, 0.29) is 30.0 Å². The van der Waals surface area contributed by atoms with Crippen LogP contribution in [0.5, 0.6) is 0 Å². The second-order valence-electron chi connectivity index (χ2n) is 6.48. The third kappa shape index (κ3) is 4.29. The molecule has 1 aromatic rings. The molecule has 1 saturated heterocycles. The molecule has 1 heterocycles. The maximum Gasteiger partial charge on any atom is 0.251 e. The number of halogens is 2. The van der Waals surface area contributed by atoms with Gasteiger partial charge in [0.05, 0.1) is 6.54 Å². The second kappa shape index (κ2) is 7.70. The maximum atomic E-state index is 13.3. The largest absolute Gasteiger partial charge is 0.358 e. The molecule has 0 saturated carbocycles. The van der Waals surface area contributed by atoms with Gasteiger partial charge in [-0.15, -0.1) is 0 Å². The fraction of sp³-hybridized carbons (Fsp3) is 0.529. The number of amides is 2. The SMILES string of the molecule is CNC(=O)CN1C[C@@H](NC(=O)c2ccc(F)c(F)c2)[C@H](C(C)C)C1. The van der Waals surface area contributed by atoms with E-state index in [2.05, 4.69) is 24.5 Å². The lowest BCUT2D eigenvalue weighted by Gasteiger charge is -2.23. The first-order valence-electron chi connectivity index (χ1n) is 8.00. The van der Waals surface area contributed by atoms with Crippen molar-refractivity contribution in [3.63, 3.8) is 0 Å². The van der Waals surface area contributed by atoms with E-state index < -0.39 is 17.5 Å². The smallest absolute Gasteiger partial charge is 0.251 e. The summed E-state index contributed by atoms with van der Waals surface area (Å²) in [5.41, 5.74) is 0.0844. The number of rotatable bonds is 5. The normalized spacial score (nSPS) is 21.1. The number of nitrogens with zero attached hydrogens (tertiary/aromatic N) is 1. The molecule has 0 unspecified atom stereocenters. The van der Waals surface area contributed by atoms with E-state index in [0.29, 0.717) is 19.0 Å². The van der Waals surface area contributed by atoms with Gasteiger partial charge in [-0.3, -0.25) is 14.5 Å². The molecule has 5 nitrogen and oxygen atoms in total. The van der Waals surface area contributed by atoms with Crippen LogP contribution in [-0.4, -0.2) is 49.4 Å². The van der Waals surface area contributed by atoms with Gasteiger partial charge in [0.15, 0.2) is 11.6 Å².